The van der Waals surface area contributed by atoms with Gasteiger partial charge in [-0.3, -0.25) is 9.48 Å². The zero-order valence-electron chi connectivity index (χ0n) is 13.0. The summed E-state index contributed by atoms with van der Waals surface area (Å²) < 4.78 is 1.76. The van der Waals surface area contributed by atoms with Gasteiger partial charge >= 0.3 is 0 Å². The maximum atomic E-state index is 12.0. The molecule has 1 amide bonds. The molecule has 0 unspecified atom stereocenters. The molecule has 2 rings (SSSR count). The van der Waals surface area contributed by atoms with Crippen molar-refractivity contribution in [3.8, 4) is 0 Å². The summed E-state index contributed by atoms with van der Waals surface area (Å²) >= 11 is 0. The van der Waals surface area contributed by atoms with Crippen LogP contribution in [0.2, 0.25) is 0 Å². The van der Waals surface area contributed by atoms with E-state index in [2.05, 4.69) is 36.4 Å². The first-order valence-corrected chi connectivity index (χ1v) is 7.36. The average Bonchev–Trinajstić information content (AvgIpc) is 2.85. The van der Waals surface area contributed by atoms with E-state index in [1.54, 1.807) is 4.68 Å². The second-order valence-corrected chi connectivity index (χ2v) is 5.62. The van der Waals surface area contributed by atoms with E-state index >= 15 is 0 Å². The lowest BCUT2D eigenvalue weighted by molar-refractivity contribution is -0.121. The molecule has 1 atom stereocenters. The number of hydrogen-bond acceptors (Lipinski definition) is 2. The molecule has 1 aromatic carbocycles. The van der Waals surface area contributed by atoms with Gasteiger partial charge in [-0.2, -0.15) is 5.10 Å². The SMILES string of the molecule is Cc1ccccc1C[C@H](C)NC(=O)CCc1cnn(C)c1. The van der Waals surface area contributed by atoms with Crippen LogP contribution in [0, 0.1) is 6.92 Å². The Morgan fingerprint density at radius 3 is 2.81 bits per heavy atom. The number of rotatable bonds is 6. The predicted octanol–water partition coefficient (Wildman–Crippen LogP) is 2.41. The van der Waals surface area contributed by atoms with E-state index < -0.39 is 0 Å². The Kier molecular flexibility index (Phi) is 5.14. The average molecular weight is 285 g/mol. The molecule has 0 aliphatic rings. The molecule has 1 aromatic heterocycles. The van der Waals surface area contributed by atoms with Crippen molar-refractivity contribution in [2.75, 3.05) is 0 Å². The Morgan fingerprint density at radius 1 is 1.38 bits per heavy atom. The van der Waals surface area contributed by atoms with Crippen molar-refractivity contribution in [1.82, 2.24) is 15.1 Å². The largest absolute Gasteiger partial charge is 0.353 e. The second-order valence-electron chi connectivity index (χ2n) is 5.62. The molecule has 4 nitrogen and oxygen atoms in total. The van der Waals surface area contributed by atoms with Gasteiger partial charge in [-0.25, -0.2) is 0 Å². The van der Waals surface area contributed by atoms with Crippen molar-refractivity contribution < 1.29 is 4.79 Å². The van der Waals surface area contributed by atoms with Crippen LogP contribution in [0.5, 0.6) is 0 Å². The van der Waals surface area contributed by atoms with Gasteiger partial charge in [-0.05, 0) is 43.4 Å². The van der Waals surface area contributed by atoms with E-state index in [4.69, 9.17) is 0 Å². The number of carbonyl (C=O) groups is 1. The number of aromatic nitrogens is 2. The Bertz CT molecular complexity index is 604. The van der Waals surface area contributed by atoms with Crippen molar-refractivity contribution >= 4 is 5.91 Å². The molecule has 0 aliphatic heterocycles. The topological polar surface area (TPSA) is 46.9 Å². The summed E-state index contributed by atoms with van der Waals surface area (Å²) in [6.45, 7) is 4.15. The third kappa shape index (κ3) is 4.74. The summed E-state index contributed by atoms with van der Waals surface area (Å²) in [5, 5.41) is 7.17. The van der Waals surface area contributed by atoms with Gasteiger partial charge in [-0.15, -0.1) is 0 Å². The quantitative estimate of drug-likeness (QED) is 0.886. The number of nitrogens with one attached hydrogen (secondary N) is 1. The molecule has 0 radical (unpaired) electrons. The lowest BCUT2D eigenvalue weighted by Crippen LogP contribution is -2.34. The molecular formula is C17H23N3O. The van der Waals surface area contributed by atoms with Crippen LogP contribution in [0.3, 0.4) is 0 Å². The van der Waals surface area contributed by atoms with E-state index in [-0.39, 0.29) is 11.9 Å². The molecule has 0 aliphatic carbocycles. The molecule has 0 bridgehead atoms. The highest BCUT2D eigenvalue weighted by atomic mass is 16.1. The summed E-state index contributed by atoms with van der Waals surface area (Å²) in [6, 6.07) is 8.45. The highest BCUT2D eigenvalue weighted by Crippen LogP contribution is 2.10. The van der Waals surface area contributed by atoms with E-state index in [9.17, 15) is 4.79 Å². The first-order chi connectivity index (χ1) is 10.0. The van der Waals surface area contributed by atoms with Gasteiger partial charge < -0.3 is 5.32 Å². The van der Waals surface area contributed by atoms with Crippen molar-refractivity contribution in [3.63, 3.8) is 0 Å². The minimum Gasteiger partial charge on any atom is -0.353 e. The fourth-order valence-corrected chi connectivity index (χ4v) is 2.43. The lowest BCUT2D eigenvalue weighted by atomic mass is 10.0. The van der Waals surface area contributed by atoms with Gasteiger partial charge in [0.1, 0.15) is 0 Å². The Balaban J connectivity index is 1.78. The Hall–Kier alpha value is -2.10. The molecule has 112 valence electrons. The molecule has 1 N–H and O–H groups in total. The fraction of sp³-hybridized carbons (Fsp3) is 0.412. The molecule has 2 aromatic rings. The van der Waals surface area contributed by atoms with Crippen molar-refractivity contribution in [3.05, 3.63) is 53.3 Å². The normalized spacial score (nSPS) is 12.1. The van der Waals surface area contributed by atoms with Gasteiger partial charge in [0.05, 0.1) is 6.20 Å². The monoisotopic (exact) mass is 285 g/mol. The number of amides is 1. The summed E-state index contributed by atoms with van der Waals surface area (Å²) in [5.74, 6) is 0.0972. The molecular weight excluding hydrogens is 262 g/mol. The van der Waals surface area contributed by atoms with Crippen molar-refractivity contribution in [1.29, 1.82) is 0 Å². The predicted molar refractivity (Wildman–Crippen MR) is 84.0 cm³/mol. The highest BCUT2D eigenvalue weighted by molar-refractivity contribution is 5.76. The number of aryl methyl sites for hydroxylation is 3. The number of nitrogens with zero attached hydrogens (tertiary/aromatic N) is 2. The van der Waals surface area contributed by atoms with Crippen LogP contribution in [0.25, 0.3) is 0 Å². The maximum absolute atomic E-state index is 12.0. The molecule has 21 heavy (non-hydrogen) atoms. The highest BCUT2D eigenvalue weighted by Gasteiger charge is 2.10. The van der Waals surface area contributed by atoms with Crippen LogP contribution >= 0.6 is 0 Å². The maximum Gasteiger partial charge on any atom is 0.220 e. The van der Waals surface area contributed by atoms with Crippen LogP contribution in [0.1, 0.15) is 30.0 Å². The van der Waals surface area contributed by atoms with Crippen LogP contribution in [0.4, 0.5) is 0 Å². The zero-order chi connectivity index (χ0) is 15.2. The summed E-state index contributed by atoms with van der Waals surface area (Å²) in [7, 11) is 1.88. The second kappa shape index (κ2) is 7.07. The molecule has 0 spiro atoms. The Morgan fingerprint density at radius 2 is 2.14 bits per heavy atom. The molecule has 0 saturated heterocycles. The lowest BCUT2D eigenvalue weighted by Gasteiger charge is -2.15. The fourth-order valence-electron chi connectivity index (χ4n) is 2.43. The van der Waals surface area contributed by atoms with Gasteiger partial charge in [0.25, 0.3) is 0 Å². The summed E-state index contributed by atoms with van der Waals surface area (Å²) in [5.41, 5.74) is 3.66. The standard InChI is InChI=1S/C17H23N3O/c1-13-6-4-5-7-16(13)10-14(2)19-17(21)9-8-15-11-18-20(3)12-15/h4-7,11-12,14H,8-10H2,1-3H3,(H,19,21)/t14-/m0/s1. The van der Waals surface area contributed by atoms with Gasteiger partial charge in [0.2, 0.25) is 5.91 Å². The molecule has 0 fully saturated rings. The minimum atomic E-state index is 0.0972. The summed E-state index contributed by atoms with van der Waals surface area (Å²) in [6.07, 6.45) is 5.86. The van der Waals surface area contributed by atoms with E-state index in [0.29, 0.717) is 6.42 Å². The van der Waals surface area contributed by atoms with Crippen molar-refractivity contribution in [2.24, 2.45) is 7.05 Å². The Labute approximate surface area is 126 Å². The van der Waals surface area contributed by atoms with Crippen LogP contribution < -0.4 is 5.32 Å². The summed E-state index contributed by atoms with van der Waals surface area (Å²) in [4.78, 5) is 12.0. The molecule has 0 saturated carbocycles. The van der Waals surface area contributed by atoms with E-state index in [1.807, 2.05) is 31.6 Å². The zero-order valence-corrected chi connectivity index (χ0v) is 13.0. The van der Waals surface area contributed by atoms with Crippen LogP contribution in [-0.4, -0.2) is 21.7 Å². The van der Waals surface area contributed by atoms with Gasteiger partial charge in [-0.1, -0.05) is 24.3 Å². The van der Waals surface area contributed by atoms with Crippen molar-refractivity contribution in [2.45, 2.75) is 39.2 Å². The number of benzene rings is 1. The number of hydrogen-bond donors (Lipinski definition) is 1. The third-order valence-corrected chi connectivity index (χ3v) is 3.59. The first-order valence-electron chi connectivity index (χ1n) is 7.36. The van der Waals surface area contributed by atoms with Gasteiger partial charge in [0, 0.05) is 25.7 Å². The molecule has 4 heteroatoms. The first kappa shape index (κ1) is 15.3. The molecule has 1 heterocycles. The van der Waals surface area contributed by atoms with Crippen LogP contribution in [-0.2, 0) is 24.7 Å². The third-order valence-electron chi connectivity index (χ3n) is 3.59. The smallest absolute Gasteiger partial charge is 0.220 e. The van der Waals surface area contributed by atoms with Crippen LogP contribution in [0.15, 0.2) is 36.7 Å². The van der Waals surface area contributed by atoms with E-state index in [0.717, 1.165) is 18.4 Å². The van der Waals surface area contributed by atoms with E-state index in [1.165, 1.54) is 11.1 Å². The van der Waals surface area contributed by atoms with Gasteiger partial charge in [0.15, 0.2) is 0 Å². The minimum absolute atomic E-state index is 0.0972. The number of carbonyl (C=O) groups excluding carboxylic acids is 1.